The second kappa shape index (κ2) is 5.82. The minimum absolute atomic E-state index is 0.659. The number of anilines is 1. The summed E-state index contributed by atoms with van der Waals surface area (Å²) in [7, 11) is 0. The van der Waals surface area contributed by atoms with Crippen LogP contribution in [0.5, 0.6) is 0 Å². The zero-order chi connectivity index (χ0) is 15.8. The molecule has 0 spiro atoms. The number of aromatic nitrogens is 6. The molecule has 120 valence electrons. The Labute approximate surface area is 137 Å². The highest BCUT2D eigenvalue weighted by molar-refractivity contribution is 7.11. The van der Waals surface area contributed by atoms with Gasteiger partial charge in [-0.15, -0.1) is 21.5 Å². The van der Waals surface area contributed by atoms with Crippen molar-refractivity contribution in [2.75, 3.05) is 31.1 Å². The van der Waals surface area contributed by atoms with Gasteiger partial charge in [-0.2, -0.15) is 14.6 Å². The van der Waals surface area contributed by atoms with E-state index in [0.29, 0.717) is 5.78 Å². The fraction of sp³-hybridized carbons (Fsp3) is 0.500. The molecule has 0 saturated carbocycles. The van der Waals surface area contributed by atoms with Crippen molar-refractivity contribution in [2.24, 2.45) is 0 Å². The van der Waals surface area contributed by atoms with E-state index in [2.05, 4.69) is 41.1 Å². The van der Waals surface area contributed by atoms with Gasteiger partial charge in [-0.3, -0.25) is 4.90 Å². The molecular formula is C14H18N8S. The van der Waals surface area contributed by atoms with Gasteiger partial charge in [0.05, 0.1) is 6.54 Å². The third-order valence-corrected chi connectivity index (χ3v) is 4.81. The van der Waals surface area contributed by atoms with Crippen LogP contribution in [0, 0.1) is 13.8 Å². The SMILES string of the molecule is Cc1cc(N2CCN(Cc3nnc(C)s3)CC2)n2ncnc2n1. The van der Waals surface area contributed by atoms with Gasteiger partial charge >= 0.3 is 0 Å². The Balaban J connectivity index is 1.47. The molecule has 0 bridgehead atoms. The van der Waals surface area contributed by atoms with Crippen LogP contribution in [0.3, 0.4) is 0 Å². The first-order valence-electron chi connectivity index (χ1n) is 7.63. The zero-order valence-corrected chi connectivity index (χ0v) is 14.0. The molecule has 0 amide bonds. The van der Waals surface area contributed by atoms with Gasteiger partial charge < -0.3 is 4.90 Å². The summed E-state index contributed by atoms with van der Waals surface area (Å²) in [6.07, 6.45) is 1.55. The summed E-state index contributed by atoms with van der Waals surface area (Å²) in [5.41, 5.74) is 0.965. The van der Waals surface area contributed by atoms with Crippen molar-refractivity contribution in [1.82, 2.24) is 34.7 Å². The fourth-order valence-corrected chi connectivity index (χ4v) is 3.62. The topological polar surface area (TPSA) is 75.3 Å². The number of hydrogen-bond donors (Lipinski definition) is 0. The Kier molecular flexibility index (Phi) is 3.66. The maximum atomic E-state index is 4.40. The van der Waals surface area contributed by atoms with E-state index in [1.54, 1.807) is 17.7 Å². The monoisotopic (exact) mass is 330 g/mol. The van der Waals surface area contributed by atoms with Crippen LogP contribution < -0.4 is 4.90 Å². The smallest absolute Gasteiger partial charge is 0.254 e. The standard InChI is InChI=1S/C14H18N8S/c1-10-7-13(22-14(17-10)15-9-16-22)21-5-3-20(4-6-21)8-12-19-18-11(2)23-12/h7,9H,3-6,8H2,1-2H3. The van der Waals surface area contributed by atoms with Gasteiger partial charge in [0.1, 0.15) is 22.2 Å². The summed E-state index contributed by atoms with van der Waals surface area (Å²) in [6.45, 7) is 8.77. The molecule has 0 aromatic carbocycles. The number of nitrogens with zero attached hydrogens (tertiary/aromatic N) is 8. The average molecular weight is 330 g/mol. The predicted molar refractivity (Wildman–Crippen MR) is 87.7 cm³/mol. The number of aryl methyl sites for hydroxylation is 2. The number of rotatable bonds is 3. The number of fused-ring (bicyclic) bond motifs is 1. The normalized spacial score (nSPS) is 16.3. The predicted octanol–water partition coefficient (Wildman–Crippen LogP) is 0.915. The molecule has 1 saturated heterocycles. The van der Waals surface area contributed by atoms with E-state index >= 15 is 0 Å². The van der Waals surface area contributed by atoms with E-state index in [1.165, 1.54) is 0 Å². The Morgan fingerprint density at radius 3 is 2.70 bits per heavy atom. The second-order valence-corrected chi connectivity index (χ2v) is 6.97. The van der Waals surface area contributed by atoms with Crippen LogP contribution in [0.4, 0.5) is 5.82 Å². The van der Waals surface area contributed by atoms with Crippen LogP contribution in [0.15, 0.2) is 12.4 Å². The molecule has 0 unspecified atom stereocenters. The first kappa shape index (κ1) is 14.5. The number of piperazine rings is 1. The molecule has 1 fully saturated rings. The number of hydrogen-bond acceptors (Lipinski definition) is 8. The summed E-state index contributed by atoms with van der Waals surface area (Å²) in [4.78, 5) is 13.4. The van der Waals surface area contributed by atoms with Crippen molar-refractivity contribution in [3.8, 4) is 0 Å². The fourth-order valence-electron chi connectivity index (χ4n) is 2.86. The molecule has 0 aliphatic carbocycles. The molecular weight excluding hydrogens is 312 g/mol. The van der Waals surface area contributed by atoms with Crippen molar-refractivity contribution in [3.63, 3.8) is 0 Å². The largest absolute Gasteiger partial charge is 0.354 e. The van der Waals surface area contributed by atoms with E-state index in [0.717, 1.165) is 54.3 Å². The van der Waals surface area contributed by atoms with E-state index in [1.807, 2.05) is 18.4 Å². The lowest BCUT2D eigenvalue weighted by Gasteiger charge is -2.35. The van der Waals surface area contributed by atoms with E-state index < -0.39 is 0 Å². The Morgan fingerprint density at radius 2 is 1.96 bits per heavy atom. The van der Waals surface area contributed by atoms with Crippen LogP contribution in [0.2, 0.25) is 0 Å². The van der Waals surface area contributed by atoms with Crippen LogP contribution >= 0.6 is 11.3 Å². The van der Waals surface area contributed by atoms with Gasteiger partial charge in [-0.1, -0.05) is 0 Å². The summed E-state index contributed by atoms with van der Waals surface area (Å²) >= 11 is 1.68. The lowest BCUT2D eigenvalue weighted by Crippen LogP contribution is -2.46. The molecule has 4 heterocycles. The first-order valence-corrected chi connectivity index (χ1v) is 8.44. The molecule has 4 rings (SSSR count). The minimum atomic E-state index is 0.659. The molecule has 0 atom stereocenters. The summed E-state index contributed by atoms with van der Waals surface area (Å²) in [5.74, 6) is 1.73. The van der Waals surface area contributed by atoms with Gasteiger partial charge in [-0.05, 0) is 13.8 Å². The van der Waals surface area contributed by atoms with Gasteiger partial charge in [-0.25, -0.2) is 4.98 Å². The Morgan fingerprint density at radius 1 is 1.13 bits per heavy atom. The van der Waals surface area contributed by atoms with E-state index in [-0.39, 0.29) is 0 Å². The molecule has 23 heavy (non-hydrogen) atoms. The zero-order valence-electron chi connectivity index (χ0n) is 13.2. The molecule has 1 aliphatic rings. The molecule has 3 aromatic heterocycles. The third kappa shape index (κ3) is 2.89. The highest BCUT2D eigenvalue weighted by Gasteiger charge is 2.21. The lowest BCUT2D eigenvalue weighted by molar-refractivity contribution is 0.248. The molecule has 0 radical (unpaired) electrons. The molecule has 0 N–H and O–H groups in total. The lowest BCUT2D eigenvalue weighted by atomic mass is 10.3. The maximum Gasteiger partial charge on any atom is 0.254 e. The Bertz CT molecular complexity index is 817. The van der Waals surface area contributed by atoms with Gasteiger partial charge in [0.25, 0.3) is 5.78 Å². The molecule has 3 aromatic rings. The van der Waals surface area contributed by atoms with Crippen molar-refractivity contribution >= 4 is 22.9 Å². The third-order valence-electron chi connectivity index (χ3n) is 3.98. The highest BCUT2D eigenvalue weighted by atomic mass is 32.1. The highest BCUT2D eigenvalue weighted by Crippen LogP contribution is 2.19. The quantitative estimate of drug-likeness (QED) is 0.706. The minimum Gasteiger partial charge on any atom is -0.354 e. The second-order valence-electron chi connectivity index (χ2n) is 5.71. The van der Waals surface area contributed by atoms with Crippen LogP contribution in [-0.2, 0) is 6.54 Å². The van der Waals surface area contributed by atoms with Crippen LogP contribution in [0.1, 0.15) is 15.7 Å². The van der Waals surface area contributed by atoms with E-state index in [4.69, 9.17) is 0 Å². The summed E-state index contributed by atoms with van der Waals surface area (Å²) in [5, 5.41) is 14.7. The van der Waals surface area contributed by atoms with E-state index in [9.17, 15) is 0 Å². The summed E-state index contributed by atoms with van der Waals surface area (Å²) < 4.78 is 1.82. The molecule has 8 nitrogen and oxygen atoms in total. The van der Waals surface area contributed by atoms with Crippen molar-refractivity contribution in [2.45, 2.75) is 20.4 Å². The van der Waals surface area contributed by atoms with Crippen molar-refractivity contribution < 1.29 is 0 Å². The Hall–Kier alpha value is -2.13. The van der Waals surface area contributed by atoms with Crippen molar-refractivity contribution in [1.29, 1.82) is 0 Å². The average Bonchev–Trinajstić information content (AvgIpc) is 3.16. The van der Waals surface area contributed by atoms with Gasteiger partial charge in [0.15, 0.2) is 0 Å². The first-order chi connectivity index (χ1) is 11.2. The molecule has 9 heteroatoms. The van der Waals surface area contributed by atoms with Crippen LogP contribution in [0.25, 0.3) is 5.78 Å². The van der Waals surface area contributed by atoms with Crippen LogP contribution in [-0.4, -0.2) is 60.9 Å². The molecule has 1 aliphatic heterocycles. The maximum absolute atomic E-state index is 4.40. The van der Waals surface area contributed by atoms with Gasteiger partial charge in [0, 0.05) is 37.9 Å². The summed E-state index contributed by atoms with van der Waals surface area (Å²) in [6, 6.07) is 2.07. The van der Waals surface area contributed by atoms with Gasteiger partial charge in [0.2, 0.25) is 0 Å². The van der Waals surface area contributed by atoms with Crippen molar-refractivity contribution in [3.05, 3.63) is 28.1 Å².